The van der Waals surface area contributed by atoms with Crippen LogP contribution < -0.4 is 0 Å². The van der Waals surface area contributed by atoms with Gasteiger partial charge in [0.05, 0.1) is 10.8 Å². The lowest BCUT2D eigenvalue weighted by Gasteiger charge is -1.97. The van der Waals surface area contributed by atoms with E-state index < -0.39 is 0 Å². The van der Waals surface area contributed by atoms with Crippen LogP contribution in [0, 0.1) is 6.92 Å². The number of aryl methyl sites for hydroxylation is 1. The van der Waals surface area contributed by atoms with Crippen molar-refractivity contribution in [3.05, 3.63) is 65.0 Å². The summed E-state index contributed by atoms with van der Waals surface area (Å²) in [5.74, 6) is 2.15. The normalized spacial score (nSPS) is 11.0. The van der Waals surface area contributed by atoms with Gasteiger partial charge in [-0.2, -0.15) is 0 Å². The van der Waals surface area contributed by atoms with Crippen molar-refractivity contribution in [3.8, 4) is 22.8 Å². The number of H-pyrrole nitrogens is 1. The number of nitrogens with one attached hydrogen (secondary N) is 1. The van der Waals surface area contributed by atoms with Gasteiger partial charge in [0, 0.05) is 11.1 Å². The number of hydrogen-bond acceptors (Lipinski definition) is 6. The van der Waals surface area contributed by atoms with Gasteiger partial charge < -0.3 is 4.42 Å². The predicted molar refractivity (Wildman–Crippen MR) is 101 cm³/mol. The molecule has 26 heavy (non-hydrogen) atoms. The van der Waals surface area contributed by atoms with E-state index in [0.717, 1.165) is 16.7 Å². The van der Waals surface area contributed by atoms with Crippen molar-refractivity contribution in [1.82, 2.24) is 25.4 Å². The summed E-state index contributed by atoms with van der Waals surface area (Å²) in [5.41, 5.74) is 2.87. The van der Waals surface area contributed by atoms with Gasteiger partial charge in [0.2, 0.25) is 16.9 Å². The lowest BCUT2D eigenvalue weighted by Crippen LogP contribution is -1.83. The van der Waals surface area contributed by atoms with E-state index in [2.05, 4.69) is 25.4 Å². The molecule has 6 nitrogen and oxygen atoms in total. The van der Waals surface area contributed by atoms with Crippen LogP contribution >= 0.6 is 23.4 Å². The minimum absolute atomic E-state index is 0.485. The van der Waals surface area contributed by atoms with Crippen molar-refractivity contribution in [2.24, 2.45) is 0 Å². The summed E-state index contributed by atoms with van der Waals surface area (Å²) in [5, 5.41) is 16.5. The second-order valence-electron chi connectivity index (χ2n) is 5.61. The monoisotopic (exact) mass is 383 g/mol. The van der Waals surface area contributed by atoms with Crippen LogP contribution in [-0.4, -0.2) is 25.4 Å². The molecular weight excluding hydrogens is 370 g/mol. The fourth-order valence-electron chi connectivity index (χ4n) is 2.42. The summed E-state index contributed by atoms with van der Waals surface area (Å²) in [7, 11) is 0. The summed E-state index contributed by atoms with van der Waals surface area (Å²) in [6.45, 7) is 2.02. The van der Waals surface area contributed by atoms with Crippen LogP contribution in [0.1, 0.15) is 11.5 Å². The van der Waals surface area contributed by atoms with Crippen LogP contribution in [0.5, 0.6) is 0 Å². The van der Waals surface area contributed by atoms with Crippen molar-refractivity contribution in [1.29, 1.82) is 0 Å². The number of aromatic amines is 1. The molecule has 4 rings (SSSR count). The molecule has 0 aliphatic carbocycles. The molecule has 0 saturated heterocycles. The SMILES string of the molecule is Cc1cccc(-c2nnc(CSc3n[nH]c(-c4ccccc4Cl)n3)o2)c1. The van der Waals surface area contributed by atoms with E-state index in [4.69, 9.17) is 16.0 Å². The molecule has 2 aromatic carbocycles. The van der Waals surface area contributed by atoms with Gasteiger partial charge in [0.1, 0.15) is 0 Å². The minimum atomic E-state index is 0.485. The third-order valence-corrected chi connectivity index (χ3v) is 4.81. The Morgan fingerprint density at radius 1 is 1.12 bits per heavy atom. The van der Waals surface area contributed by atoms with E-state index in [1.807, 2.05) is 55.5 Å². The summed E-state index contributed by atoms with van der Waals surface area (Å²) in [6, 6.07) is 15.4. The van der Waals surface area contributed by atoms with E-state index in [-0.39, 0.29) is 0 Å². The number of hydrogen-bond donors (Lipinski definition) is 1. The maximum absolute atomic E-state index is 6.19. The number of aromatic nitrogens is 5. The molecule has 8 heteroatoms. The van der Waals surface area contributed by atoms with E-state index in [9.17, 15) is 0 Å². The van der Waals surface area contributed by atoms with Crippen LogP contribution in [0.4, 0.5) is 0 Å². The minimum Gasteiger partial charge on any atom is -0.420 e. The molecule has 2 heterocycles. The van der Waals surface area contributed by atoms with Crippen molar-refractivity contribution in [3.63, 3.8) is 0 Å². The van der Waals surface area contributed by atoms with E-state index in [1.54, 1.807) is 0 Å². The zero-order chi connectivity index (χ0) is 17.9. The van der Waals surface area contributed by atoms with Crippen LogP contribution in [0.25, 0.3) is 22.8 Å². The lowest BCUT2D eigenvalue weighted by molar-refractivity contribution is 0.528. The molecule has 0 bridgehead atoms. The van der Waals surface area contributed by atoms with Gasteiger partial charge in [0.25, 0.3) is 0 Å². The Kier molecular flexibility index (Phi) is 4.73. The topological polar surface area (TPSA) is 80.5 Å². The Morgan fingerprint density at radius 3 is 2.85 bits per heavy atom. The molecule has 0 fully saturated rings. The van der Waals surface area contributed by atoms with Gasteiger partial charge >= 0.3 is 0 Å². The number of thioether (sulfide) groups is 1. The highest BCUT2D eigenvalue weighted by atomic mass is 35.5. The van der Waals surface area contributed by atoms with Gasteiger partial charge in [-0.1, -0.05) is 53.2 Å². The Labute approximate surface area is 159 Å². The molecule has 130 valence electrons. The third kappa shape index (κ3) is 3.63. The molecule has 0 aliphatic heterocycles. The zero-order valence-electron chi connectivity index (χ0n) is 13.8. The first-order valence-electron chi connectivity index (χ1n) is 7.88. The first kappa shape index (κ1) is 16.8. The zero-order valence-corrected chi connectivity index (χ0v) is 15.4. The number of nitrogens with zero attached hydrogens (tertiary/aromatic N) is 4. The molecule has 0 radical (unpaired) electrons. The van der Waals surface area contributed by atoms with Gasteiger partial charge in [-0.05, 0) is 31.2 Å². The molecule has 0 atom stereocenters. The first-order chi connectivity index (χ1) is 12.7. The maximum Gasteiger partial charge on any atom is 0.247 e. The molecule has 4 aromatic rings. The maximum atomic E-state index is 6.19. The van der Waals surface area contributed by atoms with E-state index in [1.165, 1.54) is 11.8 Å². The van der Waals surface area contributed by atoms with Gasteiger partial charge in [-0.15, -0.1) is 15.3 Å². The van der Waals surface area contributed by atoms with Crippen LogP contribution in [0.2, 0.25) is 5.02 Å². The fraction of sp³-hybridized carbons (Fsp3) is 0.111. The number of benzene rings is 2. The summed E-state index contributed by atoms with van der Waals surface area (Å²) in [6.07, 6.45) is 0. The van der Waals surface area contributed by atoms with Gasteiger partial charge in [-0.3, -0.25) is 5.10 Å². The van der Waals surface area contributed by atoms with Crippen molar-refractivity contribution < 1.29 is 4.42 Å². The molecule has 0 unspecified atom stereocenters. The lowest BCUT2D eigenvalue weighted by atomic mass is 10.1. The second kappa shape index (κ2) is 7.31. The quantitative estimate of drug-likeness (QED) is 0.500. The Bertz CT molecular complexity index is 1050. The Hall–Kier alpha value is -2.64. The largest absolute Gasteiger partial charge is 0.420 e. The highest BCUT2D eigenvalue weighted by Gasteiger charge is 2.12. The molecule has 1 N–H and O–H groups in total. The average molecular weight is 384 g/mol. The second-order valence-corrected chi connectivity index (χ2v) is 6.96. The van der Waals surface area contributed by atoms with Gasteiger partial charge in [0.15, 0.2) is 5.82 Å². The molecule has 0 aliphatic rings. The summed E-state index contributed by atoms with van der Waals surface area (Å²) in [4.78, 5) is 4.45. The third-order valence-electron chi connectivity index (χ3n) is 3.65. The van der Waals surface area contributed by atoms with Gasteiger partial charge in [-0.25, -0.2) is 4.98 Å². The number of rotatable bonds is 5. The standard InChI is InChI=1S/C18H14ClN5OS/c1-11-5-4-6-12(9-11)17-23-21-15(25-17)10-26-18-20-16(22-24-18)13-7-2-3-8-14(13)19/h2-9H,10H2,1H3,(H,20,22,24). The number of halogens is 1. The molecule has 2 aromatic heterocycles. The van der Waals surface area contributed by atoms with E-state index in [0.29, 0.717) is 33.5 Å². The Balaban J connectivity index is 1.45. The fourth-order valence-corrected chi connectivity index (χ4v) is 3.28. The highest BCUT2D eigenvalue weighted by molar-refractivity contribution is 7.98. The molecular formula is C18H14ClN5OS. The predicted octanol–water partition coefficient (Wildman–Crippen LogP) is 4.78. The van der Waals surface area contributed by atoms with Crippen LogP contribution in [0.15, 0.2) is 58.1 Å². The smallest absolute Gasteiger partial charge is 0.247 e. The van der Waals surface area contributed by atoms with Crippen LogP contribution in [-0.2, 0) is 5.75 Å². The summed E-state index contributed by atoms with van der Waals surface area (Å²) < 4.78 is 5.73. The summed E-state index contributed by atoms with van der Waals surface area (Å²) >= 11 is 7.60. The van der Waals surface area contributed by atoms with Crippen molar-refractivity contribution in [2.75, 3.05) is 0 Å². The molecule has 0 spiro atoms. The van der Waals surface area contributed by atoms with Crippen molar-refractivity contribution in [2.45, 2.75) is 17.8 Å². The Morgan fingerprint density at radius 2 is 2.00 bits per heavy atom. The van der Waals surface area contributed by atoms with Crippen molar-refractivity contribution >= 4 is 23.4 Å². The first-order valence-corrected chi connectivity index (χ1v) is 9.25. The van der Waals surface area contributed by atoms with Crippen LogP contribution in [0.3, 0.4) is 0 Å². The van der Waals surface area contributed by atoms with E-state index >= 15 is 0 Å². The average Bonchev–Trinajstić information content (AvgIpc) is 3.30. The molecule has 0 saturated carbocycles. The highest BCUT2D eigenvalue weighted by Crippen LogP contribution is 2.27. The molecule has 0 amide bonds.